The first-order valence-corrected chi connectivity index (χ1v) is 13.7. The molecule has 0 bridgehead atoms. The van der Waals surface area contributed by atoms with Crippen molar-refractivity contribution in [3.8, 4) is 0 Å². The molecule has 0 radical (unpaired) electrons. The monoisotopic (exact) mass is 483 g/mol. The van der Waals surface area contributed by atoms with Gasteiger partial charge in [0, 0.05) is 38.6 Å². The van der Waals surface area contributed by atoms with Gasteiger partial charge in [-0.3, -0.25) is 4.72 Å². The summed E-state index contributed by atoms with van der Waals surface area (Å²) in [5.41, 5.74) is 1.86. The molecule has 7 nitrogen and oxygen atoms in total. The minimum atomic E-state index is -3.86. The summed E-state index contributed by atoms with van der Waals surface area (Å²) < 4.78 is 68.5. The third-order valence-corrected chi connectivity index (χ3v) is 8.58. The molecule has 1 saturated carbocycles. The van der Waals surface area contributed by atoms with E-state index in [2.05, 4.69) is 4.72 Å². The van der Waals surface area contributed by atoms with Crippen molar-refractivity contribution in [3.63, 3.8) is 0 Å². The van der Waals surface area contributed by atoms with Crippen LogP contribution < -0.4 is 9.62 Å². The maximum atomic E-state index is 13.4. The Morgan fingerprint density at radius 3 is 2.25 bits per heavy atom. The van der Waals surface area contributed by atoms with Gasteiger partial charge in [0.25, 0.3) is 0 Å². The van der Waals surface area contributed by atoms with E-state index in [0.717, 1.165) is 30.7 Å². The zero-order valence-electron chi connectivity index (χ0n) is 18.6. The van der Waals surface area contributed by atoms with E-state index >= 15 is 0 Å². The first kappa shape index (κ1) is 24.5. The average Bonchev–Trinajstić information content (AvgIpc) is 3.51. The number of hydrogen-bond donors (Lipinski definition) is 1. The zero-order valence-corrected chi connectivity index (χ0v) is 20.2. The van der Waals surface area contributed by atoms with Gasteiger partial charge in [-0.25, -0.2) is 21.2 Å². The molecule has 3 rings (SSSR count). The van der Waals surface area contributed by atoms with E-state index in [0.29, 0.717) is 30.1 Å². The number of hydrogen-bond acceptors (Lipinski definition) is 5. The van der Waals surface area contributed by atoms with Crippen LogP contribution in [-0.4, -0.2) is 47.5 Å². The minimum Gasteiger partial charge on any atom is -0.377 e. The summed E-state index contributed by atoms with van der Waals surface area (Å²) in [4.78, 5) is 1.89. The number of halogens is 1. The fourth-order valence-corrected chi connectivity index (χ4v) is 6.11. The van der Waals surface area contributed by atoms with Gasteiger partial charge in [0.15, 0.2) is 0 Å². The third-order valence-electron chi connectivity index (χ3n) is 5.26. The van der Waals surface area contributed by atoms with Crippen molar-refractivity contribution < 1.29 is 21.2 Å². The Balaban J connectivity index is 1.97. The van der Waals surface area contributed by atoms with Crippen molar-refractivity contribution in [3.05, 3.63) is 53.8 Å². The molecule has 2 aromatic rings. The quantitative estimate of drug-likeness (QED) is 0.527. The smallest absolute Gasteiger partial charge is 0.243 e. The molecule has 2 aromatic carbocycles. The summed E-state index contributed by atoms with van der Waals surface area (Å²) in [7, 11) is -3.65. The van der Waals surface area contributed by atoms with Gasteiger partial charge in [-0.1, -0.05) is 6.92 Å². The topological polar surface area (TPSA) is 86.8 Å². The van der Waals surface area contributed by atoms with Crippen LogP contribution in [0.4, 0.5) is 15.8 Å². The summed E-state index contributed by atoms with van der Waals surface area (Å²) in [6.07, 6.45) is 2.42. The molecule has 1 aliphatic carbocycles. The van der Waals surface area contributed by atoms with Gasteiger partial charge in [0.1, 0.15) is 5.82 Å². The summed E-state index contributed by atoms with van der Waals surface area (Å²) in [5, 5.41) is 0. The standard InChI is InChI=1S/C22H30FN3O4S2/c1-4-13-31(27,28)24-20-9-12-22(25(2)3)18(14-20)16-26(15-17-5-6-17)32(29,30)21-10-7-19(23)8-11-21/h7-12,14,17,24H,4-6,13,15-16H2,1-3H3. The lowest BCUT2D eigenvalue weighted by Crippen LogP contribution is -2.33. The van der Waals surface area contributed by atoms with Crippen molar-refractivity contribution in [2.45, 2.75) is 37.6 Å². The second kappa shape index (κ2) is 9.76. The van der Waals surface area contributed by atoms with Gasteiger partial charge in [-0.05, 0) is 73.2 Å². The van der Waals surface area contributed by atoms with Gasteiger partial charge in [0.2, 0.25) is 20.0 Å². The Bertz CT molecular complexity index is 1150. The predicted octanol–water partition coefficient (Wildman–Crippen LogP) is 3.64. The van der Waals surface area contributed by atoms with Crippen molar-refractivity contribution in [2.24, 2.45) is 5.92 Å². The molecule has 0 aliphatic heterocycles. The normalized spacial score (nSPS) is 14.5. The van der Waals surface area contributed by atoms with Crippen LogP contribution in [0.5, 0.6) is 0 Å². The van der Waals surface area contributed by atoms with Crippen LogP contribution in [0.1, 0.15) is 31.7 Å². The molecule has 0 saturated heterocycles. The molecule has 1 fully saturated rings. The van der Waals surface area contributed by atoms with Gasteiger partial charge in [-0.15, -0.1) is 0 Å². The molecule has 0 unspecified atom stereocenters. The van der Waals surface area contributed by atoms with Crippen LogP contribution in [-0.2, 0) is 26.6 Å². The molecule has 1 N–H and O–H groups in total. The average molecular weight is 484 g/mol. The number of sulfonamides is 2. The van der Waals surface area contributed by atoms with E-state index in [-0.39, 0.29) is 17.2 Å². The molecule has 32 heavy (non-hydrogen) atoms. The van der Waals surface area contributed by atoms with Crippen LogP contribution in [0, 0.1) is 11.7 Å². The van der Waals surface area contributed by atoms with Crippen molar-refractivity contribution in [1.82, 2.24) is 4.31 Å². The lowest BCUT2D eigenvalue weighted by Gasteiger charge is -2.26. The van der Waals surface area contributed by atoms with Gasteiger partial charge in [-0.2, -0.15) is 4.31 Å². The zero-order chi connectivity index (χ0) is 23.5. The van der Waals surface area contributed by atoms with E-state index in [1.165, 1.54) is 16.4 Å². The first-order valence-electron chi connectivity index (χ1n) is 10.6. The molecule has 0 spiro atoms. The highest BCUT2D eigenvalue weighted by Crippen LogP contribution is 2.34. The molecule has 0 atom stereocenters. The Morgan fingerprint density at radius 2 is 1.69 bits per heavy atom. The Hall–Kier alpha value is -2.17. The summed E-state index contributed by atoms with van der Waals surface area (Å²) >= 11 is 0. The fourth-order valence-electron chi connectivity index (χ4n) is 3.49. The van der Waals surface area contributed by atoms with Crippen LogP contribution in [0.25, 0.3) is 0 Å². The van der Waals surface area contributed by atoms with Crippen LogP contribution in [0.2, 0.25) is 0 Å². The van der Waals surface area contributed by atoms with Crippen molar-refractivity contribution in [2.75, 3.05) is 36.0 Å². The highest BCUT2D eigenvalue weighted by molar-refractivity contribution is 7.92. The molecule has 0 aromatic heterocycles. The number of anilines is 2. The molecular weight excluding hydrogens is 453 g/mol. The van der Waals surface area contributed by atoms with Crippen LogP contribution in [0.15, 0.2) is 47.4 Å². The molecule has 176 valence electrons. The molecule has 10 heteroatoms. The largest absolute Gasteiger partial charge is 0.377 e. The van der Waals surface area contributed by atoms with Crippen molar-refractivity contribution >= 4 is 31.4 Å². The third kappa shape index (κ3) is 6.20. The van der Waals surface area contributed by atoms with E-state index in [1.807, 2.05) is 19.0 Å². The second-order valence-corrected chi connectivity index (χ2v) is 12.1. The highest BCUT2D eigenvalue weighted by Gasteiger charge is 2.32. The van der Waals surface area contributed by atoms with Crippen molar-refractivity contribution in [1.29, 1.82) is 0 Å². The predicted molar refractivity (Wildman–Crippen MR) is 125 cm³/mol. The Labute approximate surface area is 190 Å². The highest BCUT2D eigenvalue weighted by atomic mass is 32.2. The van der Waals surface area contributed by atoms with E-state index in [1.54, 1.807) is 25.1 Å². The Kier molecular flexibility index (Phi) is 7.46. The number of benzene rings is 2. The maximum absolute atomic E-state index is 13.4. The lowest BCUT2D eigenvalue weighted by atomic mass is 10.1. The van der Waals surface area contributed by atoms with E-state index in [4.69, 9.17) is 0 Å². The number of rotatable bonds is 11. The van der Waals surface area contributed by atoms with Gasteiger partial charge < -0.3 is 4.90 Å². The second-order valence-electron chi connectivity index (χ2n) is 8.35. The molecular formula is C22H30FN3O4S2. The fraction of sp³-hybridized carbons (Fsp3) is 0.455. The van der Waals surface area contributed by atoms with Crippen LogP contribution >= 0.6 is 0 Å². The molecule has 0 amide bonds. The summed E-state index contributed by atoms with van der Waals surface area (Å²) in [5.74, 6) is -0.205. The number of nitrogens with zero attached hydrogens (tertiary/aromatic N) is 2. The maximum Gasteiger partial charge on any atom is 0.243 e. The van der Waals surface area contributed by atoms with Crippen LogP contribution in [0.3, 0.4) is 0 Å². The number of nitrogens with one attached hydrogen (secondary N) is 1. The first-order chi connectivity index (χ1) is 15.0. The van der Waals surface area contributed by atoms with Gasteiger partial charge >= 0.3 is 0 Å². The lowest BCUT2D eigenvalue weighted by molar-refractivity contribution is 0.391. The SMILES string of the molecule is CCCS(=O)(=O)Nc1ccc(N(C)C)c(CN(CC2CC2)S(=O)(=O)c2ccc(F)cc2)c1. The minimum absolute atomic E-state index is 0.00448. The molecule has 1 aliphatic rings. The Morgan fingerprint density at radius 1 is 1.03 bits per heavy atom. The van der Waals surface area contributed by atoms with E-state index in [9.17, 15) is 21.2 Å². The van der Waals surface area contributed by atoms with E-state index < -0.39 is 25.9 Å². The van der Waals surface area contributed by atoms with Gasteiger partial charge in [0.05, 0.1) is 10.6 Å². The summed E-state index contributed by atoms with van der Waals surface area (Å²) in [6.45, 7) is 2.22. The molecule has 0 heterocycles. The summed E-state index contributed by atoms with van der Waals surface area (Å²) in [6, 6.07) is 9.94.